The van der Waals surface area contributed by atoms with Gasteiger partial charge >= 0.3 is 5.97 Å². The monoisotopic (exact) mass is 351 g/mol. The molecule has 1 unspecified atom stereocenters. The second-order valence-corrected chi connectivity index (χ2v) is 5.57. The number of carboxylic acid groups (broad SMARTS) is 1. The number of benzene rings is 2. The molecule has 0 radical (unpaired) electrons. The maximum absolute atomic E-state index is 13.3. The van der Waals surface area contributed by atoms with Gasteiger partial charge in [-0.05, 0) is 41.7 Å². The second-order valence-electron chi connectivity index (χ2n) is 5.57. The lowest BCUT2D eigenvalue weighted by Crippen LogP contribution is -2.39. The summed E-state index contributed by atoms with van der Waals surface area (Å²) in [5, 5.41) is 11.0. The molecule has 3 rings (SSSR count). The van der Waals surface area contributed by atoms with Gasteiger partial charge in [0.15, 0.2) is 11.6 Å². The van der Waals surface area contributed by atoms with Gasteiger partial charge in [0, 0.05) is 13.0 Å². The molecule has 2 aliphatic rings. The first-order valence-corrected chi connectivity index (χ1v) is 7.51. The smallest absolute Gasteiger partial charge is 0.326 e. The summed E-state index contributed by atoms with van der Waals surface area (Å²) in [5.41, 5.74) is 2.71. The van der Waals surface area contributed by atoms with Crippen LogP contribution in [-0.2, 0) is 16.0 Å². The van der Waals surface area contributed by atoms with E-state index < -0.39 is 35.4 Å². The van der Waals surface area contributed by atoms with E-state index in [2.05, 4.69) is 29.6 Å². The van der Waals surface area contributed by atoms with Crippen molar-refractivity contribution in [2.24, 2.45) is 0 Å². The maximum Gasteiger partial charge on any atom is 0.326 e. The average Bonchev–Trinajstić information content (AvgIpc) is 3.14. The van der Waals surface area contributed by atoms with Gasteiger partial charge in [0.05, 0.1) is 0 Å². The summed E-state index contributed by atoms with van der Waals surface area (Å²) in [6.45, 7) is 1.15. The first-order valence-electron chi connectivity index (χ1n) is 7.51. The highest BCUT2D eigenvalue weighted by atomic mass is 19.2. The number of aliphatic carboxylic acids is 1. The SMILES string of the molecule is CC(=O)NC(CCc1cc(F)c(F)cc1F)C(=O)O.c1cc2cc-2c1. The van der Waals surface area contributed by atoms with Crippen LogP contribution in [0.1, 0.15) is 18.9 Å². The van der Waals surface area contributed by atoms with Crippen molar-refractivity contribution < 1.29 is 27.9 Å². The van der Waals surface area contributed by atoms with Crippen LogP contribution in [0.5, 0.6) is 0 Å². The molecule has 1 aromatic carbocycles. The van der Waals surface area contributed by atoms with Crippen molar-refractivity contribution in [2.75, 3.05) is 0 Å². The zero-order valence-corrected chi connectivity index (χ0v) is 13.4. The van der Waals surface area contributed by atoms with Crippen LogP contribution in [0.4, 0.5) is 13.2 Å². The van der Waals surface area contributed by atoms with Crippen LogP contribution in [0, 0.1) is 17.5 Å². The number of rotatable bonds is 5. The first kappa shape index (κ1) is 18.5. The number of carbonyl (C=O) groups is 2. The van der Waals surface area contributed by atoms with Crippen LogP contribution in [-0.4, -0.2) is 23.0 Å². The molecule has 1 amide bonds. The van der Waals surface area contributed by atoms with Crippen LogP contribution >= 0.6 is 0 Å². The normalized spacial score (nSPS) is 11.8. The Morgan fingerprint density at radius 1 is 1.04 bits per heavy atom. The molecule has 0 fully saturated rings. The lowest BCUT2D eigenvalue weighted by atomic mass is 10.0. The number of carbonyl (C=O) groups excluding carboxylic acids is 1. The quantitative estimate of drug-likeness (QED) is 0.693. The first-order chi connectivity index (χ1) is 11.8. The summed E-state index contributed by atoms with van der Waals surface area (Å²) in [4.78, 5) is 21.6. The molecule has 2 aliphatic carbocycles. The Labute approximate surface area is 142 Å². The highest BCUT2D eigenvalue weighted by Gasteiger charge is 2.19. The number of halogens is 3. The van der Waals surface area contributed by atoms with Crippen LogP contribution in [0.2, 0.25) is 0 Å². The molecule has 0 aliphatic heterocycles. The fraction of sp³-hybridized carbons (Fsp3) is 0.222. The Balaban J connectivity index is 0.000000306. The van der Waals surface area contributed by atoms with E-state index in [1.807, 2.05) is 0 Å². The van der Waals surface area contributed by atoms with Crippen molar-refractivity contribution in [2.45, 2.75) is 25.8 Å². The molecular weight excluding hydrogens is 335 g/mol. The minimum absolute atomic E-state index is 0.128. The Bertz CT molecular complexity index is 791. The van der Waals surface area contributed by atoms with E-state index in [0.717, 1.165) is 6.92 Å². The van der Waals surface area contributed by atoms with Gasteiger partial charge in [-0.25, -0.2) is 18.0 Å². The largest absolute Gasteiger partial charge is 0.480 e. The Hall–Kier alpha value is -2.83. The Morgan fingerprint density at radius 2 is 1.64 bits per heavy atom. The molecule has 4 nitrogen and oxygen atoms in total. The number of amides is 1. The summed E-state index contributed by atoms with van der Waals surface area (Å²) in [7, 11) is 0. The molecule has 0 aromatic heterocycles. The molecule has 1 atom stereocenters. The van der Waals surface area contributed by atoms with Gasteiger partial charge < -0.3 is 10.4 Å². The number of carboxylic acids is 1. The van der Waals surface area contributed by atoms with E-state index in [4.69, 9.17) is 5.11 Å². The fourth-order valence-electron chi connectivity index (χ4n) is 2.23. The van der Waals surface area contributed by atoms with E-state index in [-0.39, 0.29) is 18.4 Å². The predicted octanol–water partition coefficient (Wildman–Crippen LogP) is 3.29. The standard InChI is InChI=1S/C12H12F3NO3.C6H4/c1-6(17)16-11(12(18)19)3-2-7-4-9(14)10(15)5-8(7)13;1-2-5-4-6(5)3-1/h4-5,11H,2-3H2,1H3,(H,16,17)(H,18,19);1-4H. The summed E-state index contributed by atoms with van der Waals surface area (Å²) in [6, 6.07) is 8.36. The third kappa shape index (κ3) is 5.34. The maximum atomic E-state index is 13.3. The van der Waals surface area contributed by atoms with E-state index >= 15 is 0 Å². The molecule has 2 N–H and O–H groups in total. The van der Waals surface area contributed by atoms with Gasteiger partial charge in [-0.2, -0.15) is 0 Å². The highest BCUT2D eigenvalue weighted by Crippen LogP contribution is 2.32. The third-order valence-corrected chi connectivity index (χ3v) is 3.58. The van der Waals surface area contributed by atoms with E-state index in [9.17, 15) is 22.8 Å². The molecule has 0 saturated heterocycles. The summed E-state index contributed by atoms with van der Waals surface area (Å²) in [5.74, 6) is -5.29. The van der Waals surface area contributed by atoms with Crippen LogP contribution in [0.3, 0.4) is 0 Å². The Morgan fingerprint density at radius 3 is 2.08 bits per heavy atom. The van der Waals surface area contributed by atoms with Gasteiger partial charge in [-0.3, -0.25) is 4.79 Å². The summed E-state index contributed by atoms with van der Waals surface area (Å²) in [6.07, 6.45) is -0.267. The van der Waals surface area contributed by atoms with Gasteiger partial charge in [0.25, 0.3) is 0 Å². The molecule has 0 spiro atoms. The molecule has 132 valence electrons. The molecule has 7 heteroatoms. The van der Waals surface area contributed by atoms with E-state index in [1.165, 1.54) is 11.1 Å². The van der Waals surface area contributed by atoms with Crippen molar-refractivity contribution >= 4 is 11.9 Å². The number of nitrogens with one attached hydrogen (secondary N) is 1. The minimum Gasteiger partial charge on any atom is -0.480 e. The number of hydrogen-bond donors (Lipinski definition) is 2. The van der Waals surface area contributed by atoms with Crippen molar-refractivity contribution in [1.82, 2.24) is 5.32 Å². The van der Waals surface area contributed by atoms with Gasteiger partial charge in [0.1, 0.15) is 11.9 Å². The lowest BCUT2D eigenvalue weighted by molar-refractivity contribution is -0.141. The van der Waals surface area contributed by atoms with Crippen LogP contribution in [0.25, 0.3) is 11.1 Å². The van der Waals surface area contributed by atoms with Gasteiger partial charge in [0.2, 0.25) is 5.91 Å². The van der Waals surface area contributed by atoms with Crippen molar-refractivity contribution in [3.05, 3.63) is 59.4 Å². The van der Waals surface area contributed by atoms with Crippen molar-refractivity contribution in [1.29, 1.82) is 0 Å². The van der Waals surface area contributed by atoms with Gasteiger partial charge in [-0.15, -0.1) is 0 Å². The average molecular weight is 351 g/mol. The summed E-state index contributed by atoms with van der Waals surface area (Å²) < 4.78 is 38.9. The van der Waals surface area contributed by atoms with Crippen molar-refractivity contribution in [3.8, 4) is 11.1 Å². The highest BCUT2D eigenvalue weighted by molar-refractivity contribution is 5.82. The zero-order valence-electron chi connectivity index (χ0n) is 13.4. The number of hydrogen-bond acceptors (Lipinski definition) is 2. The Kier molecular flexibility index (Phi) is 5.80. The zero-order chi connectivity index (χ0) is 18.6. The number of fused-ring (bicyclic) bond motifs is 1. The second kappa shape index (κ2) is 7.83. The number of aryl methyl sites for hydroxylation is 1. The minimum atomic E-state index is -1.31. The van der Waals surface area contributed by atoms with E-state index in [1.54, 1.807) is 0 Å². The summed E-state index contributed by atoms with van der Waals surface area (Å²) >= 11 is 0. The van der Waals surface area contributed by atoms with Crippen LogP contribution in [0.15, 0.2) is 36.4 Å². The van der Waals surface area contributed by atoms with Gasteiger partial charge in [-0.1, -0.05) is 18.2 Å². The van der Waals surface area contributed by atoms with Crippen molar-refractivity contribution in [3.63, 3.8) is 0 Å². The molecule has 0 saturated carbocycles. The lowest BCUT2D eigenvalue weighted by Gasteiger charge is -2.13. The molecule has 1 aromatic rings. The molecule has 0 heterocycles. The third-order valence-electron chi connectivity index (χ3n) is 3.58. The van der Waals surface area contributed by atoms with Crippen LogP contribution < -0.4 is 5.32 Å². The molecule has 25 heavy (non-hydrogen) atoms. The fourth-order valence-corrected chi connectivity index (χ4v) is 2.23. The topological polar surface area (TPSA) is 66.4 Å². The predicted molar refractivity (Wildman–Crippen MR) is 85.3 cm³/mol. The molecular formula is C18H16F3NO3. The van der Waals surface area contributed by atoms with E-state index in [0.29, 0.717) is 12.1 Å². The molecule has 0 bridgehead atoms.